The van der Waals surface area contributed by atoms with Crippen LogP contribution in [-0.4, -0.2) is 35.0 Å². The molecule has 1 saturated heterocycles. The monoisotopic (exact) mass is 335 g/mol. The Morgan fingerprint density at radius 2 is 1.86 bits per heavy atom. The third kappa shape index (κ3) is 2.87. The minimum absolute atomic E-state index is 0.151. The molecule has 2 atom stereocenters. The molecule has 0 radical (unpaired) electrons. The summed E-state index contributed by atoms with van der Waals surface area (Å²) in [4.78, 5) is 26.2. The number of hydrogen-bond donors (Lipinski definition) is 1. The highest BCUT2D eigenvalue weighted by Gasteiger charge is 2.40. The van der Waals surface area contributed by atoms with E-state index in [-0.39, 0.29) is 18.4 Å². The van der Waals surface area contributed by atoms with Gasteiger partial charge in [0.15, 0.2) is 0 Å². The number of halogens is 1. The molecular weight excluding hydrogens is 322 g/mol. The van der Waals surface area contributed by atoms with Crippen molar-refractivity contribution in [2.75, 3.05) is 13.1 Å². The molecule has 1 N–H and O–H groups in total. The lowest BCUT2D eigenvalue weighted by molar-refractivity contribution is -0.141. The van der Waals surface area contributed by atoms with Crippen LogP contribution < -0.4 is 0 Å². The Hall–Kier alpha value is -1.85. The molecule has 1 aromatic carbocycles. The average molecular weight is 336 g/mol. The molecule has 1 aliphatic heterocycles. The Kier molecular flexibility index (Phi) is 4.18. The van der Waals surface area contributed by atoms with Crippen LogP contribution in [0.2, 0.25) is 4.34 Å². The van der Waals surface area contributed by atoms with Crippen molar-refractivity contribution in [1.29, 1.82) is 0 Å². The number of aliphatic carboxylic acids is 1. The molecule has 0 bridgehead atoms. The van der Waals surface area contributed by atoms with Gasteiger partial charge in [0, 0.05) is 19.0 Å². The normalized spacial score (nSPS) is 21.0. The predicted molar refractivity (Wildman–Crippen MR) is 85.5 cm³/mol. The molecule has 114 valence electrons. The Labute approximate surface area is 136 Å². The van der Waals surface area contributed by atoms with Gasteiger partial charge in [-0.2, -0.15) is 0 Å². The molecule has 1 amide bonds. The number of carbonyl (C=O) groups excluding carboxylic acids is 1. The number of nitrogens with zero attached hydrogens (tertiary/aromatic N) is 1. The minimum Gasteiger partial charge on any atom is -0.481 e. The second kappa shape index (κ2) is 6.10. The van der Waals surface area contributed by atoms with Crippen molar-refractivity contribution in [2.45, 2.75) is 5.92 Å². The summed E-state index contributed by atoms with van der Waals surface area (Å²) in [6.45, 7) is 0.637. The van der Waals surface area contributed by atoms with Gasteiger partial charge in [-0.15, -0.1) is 11.3 Å². The zero-order valence-electron chi connectivity index (χ0n) is 11.6. The first kappa shape index (κ1) is 15.1. The van der Waals surface area contributed by atoms with Gasteiger partial charge in [0.25, 0.3) is 5.91 Å². The Morgan fingerprint density at radius 3 is 2.45 bits per heavy atom. The molecule has 3 rings (SSSR count). The maximum Gasteiger partial charge on any atom is 0.308 e. The van der Waals surface area contributed by atoms with Crippen LogP contribution in [-0.2, 0) is 4.79 Å². The molecule has 2 aromatic rings. The quantitative estimate of drug-likeness (QED) is 0.935. The minimum atomic E-state index is -0.867. The fraction of sp³-hybridized carbons (Fsp3) is 0.250. The van der Waals surface area contributed by atoms with E-state index in [9.17, 15) is 14.7 Å². The zero-order chi connectivity index (χ0) is 15.7. The van der Waals surface area contributed by atoms with E-state index < -0.39 is 11.9 Å². The van der Waals surface area contributed by atoms with E-state index >= 15 is 0 Å². The predicted octanol–water partition coefficient (Wildman–Crippen LogP) is 3.34. The maximum atomic E-state index is 12.5. The van der Waals surface area contributed by atoms with Crippen molar-refractivity contribution in [2.24, 2.45) is 5.92 Å². The summed E-state index contributed by atoms with van der Waals surface area (Å²) in [6, 6.07) is 12.9. The molecule has 4 nitrogen and oxygen atoms in total. The second-order valence-electron chi connectivity index (χ2n) is 5.28. The van der Waals surface area contributed by atoms with Gasteiger partial charge in [-0.1, -0.05) is 41.9 Å². The van der Waals surface area contributed by atoms with Gasteiger partial charge in [-0.3, -0.25) is 9.59 Å². The van der Waals surface area contributed by atoms with E-state index in [0.717, 1.165) is 5.56 Å². The van der Waals surface area contributed by atoms with Gasteiger partial charge < -0.3 is 10.0 Å². The van der Waals surface area contributed by atoms with Gasteiger partial charge in [0.1, 0.15) is 0 Å². The van der Waals surface area contributed by atoms with Crippen LogP contribution in [0.3, 0.4) is 0 Å². The van der Waals surface area contributed by atoms with Crippen LogP contribution in [0.5, 0.6) is 0 Å². The number of rotatable bonds is 3. The first-order chi connectivity index (χ1) is 10.6. The summed E-state index contributed by atoms with van der Waals surface area (Å²) in [5, 5.41) is 9.46. The summed E-state index contributed by atoms with van der Waals surface area (Å²) >= 11 is 7.08. The Balaban J connectivity index is 1.84. The maximum absolute atomic E-state index is 12.5. The molecule has 1 fully saturated rings. The van der Waals surface area contributed by atoms with Gasteiger partial charge in [0.05, 0.1) is 15.1 Å². The molecule has 2 heterocycles. The van der Waals surface area contributed by atoms with Gasteiger partial charge in [0.2, 0.25) is 0 Å². The largest absolute Gasteiger partial charge is 0.481 e. The van der Waals surface area contributed by atoms with Crippen LogP contribution in [0.25, 0.3) is 0 Å². The van der Waals surface area contributed by atoms with Gasteiger partial charge in [-0.05, 0) is 17.7 Å². The van der Waals surface area contributed by atoms with Crippen LogP contribution in [0.15, 0.2) is 42.5 Å². The van der Waals surface area contributed by atoms with E-state index in [1.54, 1.807) is 17.0 Å². The SMILES string of the molecule is O=C(O)C1CN(C(=O)c2ccc(Cl)s2)CC1c1ccccc1. The topological polar surface area (TPSA) is 57.6 Å². The Morgan fingerprint density at radius 1 is 1.14 bits per heavy atom. The average Bonchev–Trinajstić information content (AvgIpc) is 3.14. The van der Waals surface area contributed by atoms with E-state index in [1.165, 1.54) is 11.3 Å². The van der Waals surface area contributed by atoms with Crippen LogP contribution in [0, 0.1) is 5.92 Å². The third-order valence-electron chi connectivity index (χ3n) is 3.94. The number of carbonyl (C=O) groups is 2. The lowest BCUT2D eigenvalue weighted by Crippen LogP contribution is -2.29. The van der Waals surface area contributed by atoms with Crippen molar-refractivity contribution in [3.8, 4) is 0 Å². The van der Waals surface area contributed by atoms with Crippen molar-refractivity contribution in [3.05, 3.63) is 57.2 Å². The summed E-state index contributed by atoms with van der Waals surface area (Å²) in [5.41, 5.74) is 0.953. The van der Waals surface area contributed by atoms with E-state index in [2.05, 4.69) is 0 Å². The molecule has 6 heteroatoms. The summed E-state index contributed by atoms with van der Waals surface area (Å²) in [7, 11) is 0. The van der Waals surface area contributed by atoms with E-state index in [4.69, 9.17) is 11.6 Å². The smallest absolute Gasteiger partial charge is 0.308 e. The lowest BCUT2D eigenvalue weighted by Gasteiger charge is -2.15. The summed E-state index contributed by atoms with van der Waals surface area (Å²) < 4.78 is 0.553. The molecule has 1 aliphatic rings. The number of benzene rings is 1. The highest BCUT2D eigenvalue weighted by Crippen LogP contribution is 2.34. The number of thiophene rings is 1. The first-order valence-electron chi connectivity index (χ1n) is 6.88. The van der Waals surface area contributed by atoms with Crippen LogP contribution >= 0.6 is 22.9 Å². The van der Waals surface area contributed by atoms with Crippen LogP contribution in [0.1, 0.15) is 21.2 Å². The van der Waals surface area contributed by atoms with Crippen molar-refractivity contribution in [3.63, 3.8) is 0 Å². The summed E-state index contributed by atoms with van der Waals surface area (Å²) in [5.74, 6) is -1.78. The Bertz CT molecular complexity index is 700. The molecule has 22 heavy (non-hydrogen) atoms. The number of carboxylic acid groups (broad SMARTS) is 1. The van der Waals surface area contributed by atoms with Gasteiger partial charge in [-0.25, -0.2) is 0 Å². The summed E-state index contributed by atoms with van der Waals surface area (Å²) in [6.07, 6.45) is 0. The van der Waals surface area contributed by atoms with Gasteiger partial charge >= 0.3 is 5.97 Å². The van der Waals surface area contributed by atoms with Crippen molar-refractivity contribution < 1.29 is 14.7 Å². The highest BCUT2D eigenvalue weighted by molar-refractivity contribution is 7.17. The van der Waals surface area contributed by atoms with Crippen molar-refractivity contribution in [1.82, 2.24) is 4.90 Å². The molecule has 1 aromatic heterocycles. The number of likely N-dealkylation sites (tertiary alicyclic amines) is 1. The standard InChI is InChI=1S/C16H14ClNO3S/c17-14-7-6-13(22-14)15(19)18-8-11(12(9-18)16(20)21)10-4-2-1-3-5-10/h1-7,11-12H,8-9H2,(H,20,21). The second-order valence-corrected chi connectivity index (χ2v) is 6.99. The molecule has 0 saturated carbocycles. The van der Waals surface area contributed by atoms with Crippen LogP contribution in [0.4, 0.5) is 0 Å². The number of amides is 1. The fourth-order valence-corrected chi connectivity index (χ4v) is 3.85. The van der Waals surface area contributed by atoms with E-state index in [1.807, 2.05) is 30.3 Å². The number of hydrogen-bond acceptors (Lipinski definition) is 3. The fourth-order valence-electron chi connectivity index (χ4n) is 2.84. The van der Waals surface area contributed by atoms with Crippen molar-refractivity contribution >= 4 is 34.8 Å². The third-order valence-corrected chi connectivity index (χ3v) is 5.16. The molecule has 0 spiro atoms. The first-order valence-corrected chi connectivity index (χ1v) is 8.08. The van der Waals surface area contributed by atoms with E-state index in [0.29, 0.717) is 15.8 Å². The molecule has 2 unspecified atom stereocenters. The molecular formula is C16H14ClNO3S. The highest BCUT2D eigenvalue weighted by atomic mass is 35.5. The zero-order valence-corrected chi connectivity index (χ0v) is 13.2. The molecule has 0 aliphatic carbocycles. The number of carboxylic acids is 1. The lowest BCUT2D eigenvalue weighted by atomic mass is 9.89.